The Bertz CT molecular complexity index is 483. The van der Waals surface area contributed by atoms with E-state index >= 15 is 0 Å². The third-order valence-corrected chi connectivity index (χ3v) is 3.74. The minimum Gasteiger partial charge on any atom is -0.353 e. The lowest BCUT2D eigenvalue weighted by Gasteiger charge is -2.28. The summed E-state index contributed by atoms with van der Waals surface area (Å²) >= 11 is 3.35. The zero-order valence-corrected chi connectivity index (χ0v) is 11.3. The highest BCUT2D eigenvalue weighted by atomic mass is 79.9. The van der Waals surface area contributed by atoms with Crippen molar-refractivity contribution in [2.75, 3.05) is 18.0 Å². The van der Waals surface area contributed by atoms with Gasteiger partial charge in [0.05, 0.1) is 5.69 Å². The number of halogens is 4. The van der Waals surface area contributed by atoms with Gasteiger partial charge in [-0.3, -0.25) is 0 Å². The molecule has 1 aliphatic heterocycles. The predicted octanol–water partition coefficient (Wildman–Crippen LogP) is 3.85. The molecule has 1 aromatic rings. The Kier molecular flexibility index (Phi) is 3.66. The lowest BCUT2D eigenvalue weighted by atomic mass is 10.1. The molecule has 2 nitrogen and oxygen atoms in total. The number of alkyl halides is 3. The molecular formula is C12H12BrF3N2. The fourth-order valence-corrected chi connectivity index (χ4v) is 2.06. The van der Waals surface area contributed by atoms with Crippen LogP contribution in [0.25, 0.3) is 0 Å². The molecule has 18 heavy (non-hydrogen) atoms. The minimum absolute atomic E-state index is 0.0142. The van der Waals surface area contributed by atoms with E-state index in [1.165, 1.54) is 6.08 Å². The van der Waals surface area contributed by atoms with Gasteiger partial charge in [-0.05, 0) is 41.4 Å². The predicted molar refractivity (Wildman–Crippen MR) is 67.6 cm³/mol. The van der Waals surface area contributed by atoms with Crippen molar-refractivity contribution in [3.8, 4) is 0 Å². The molecule has 98 valence electrons. The molecule has 2 heterocycles. The average Bonchev–Trinajstić information content (AvgIpc) is 2.32. The summed E-state index contributed by atoms with van der Waals surface area (Å²) in [4.78, 5) is 6.19. The van der Waals surface area contributed by atoms with Gasteiger partial charge >= 0.3 is 6.18 Å². The van der Waals surface area contributed by atoms with E-state index in [1.807, 2.05) is 24.0 Å². The van der Waals surface area contributed by atoms with E-state index in [4.69, 9.17) is 0 Å². The summed E-state index contributed by atoms with van der Waals surface area (Å²) in [6, 6.07) is 3.67. The summed E-state index contributed by atoms with van der Waals surface area (Å²) in [5.41, 5.74) is 0.394. The van der Waals surface area contributed by atoms with Crippen LogP contribution < -0.4 is 4.90 Å². The van der Waals surface area contributed by atoms with E-state index < -0.39 is 11.7 Å². The van der Waals surface area contributed by atoms with Crippen LogP contribution in [0, 0.1) is 6.92 Å². The van der Waals surface area contributed by atoms with Gasteiger partial charge in [0, 0.05) is 23.1 Å². The van der Waals surface area contributed by atoms with Crippen LogP contribution in [0.4, 0.5) is 19.0 Å². The quantitative estimate of drug-likeness (QED) is 0.731. The number of hydrogen-bond donors (Lipinski definition) is 0. The van der Waals surface area contributed by atoms with E-state index in [1.54, 1.807) is 0 Å². The number of hydrogen-bond acceptors (Lipinski definition) is 2. The zero-order valence-electron chi connectivity index (χ0n) is 9.76. The highest BCUT2D eigenvalue weighted by Gasteiger charge is 2.34. The van der Waals surface area contributed by atoms with Gasteiger partial charge < -0.3 is 4.90 Å². The molecule has 0 N–H and O–H groups in total. The van der Waals surface area contributed by atoms with Gasteiger partial charge in [-0.2, -0.15) is 13.2 Å². The van der Waals surface area contributed by atoms with Crippen LogP contribution in [-0.2, 0) is 0 Å². The van der Waals surface area contributed by atoms with Gasteiger partial charge in [0.25, 0.3) is 0 Å². The van der Waals surface area contributed by atoms with Crippen molar-refractivity contribution in [3.05, 3.63) is 33.9 Å². The Labute approximate surface area is 112 Å². The molecule has 6 heteroatoms. The summed E-state index contributed by atoms with van der Waals surface area (Å²) < 4.78 is 38.3. The number of rotatable bonds is 1. The molecule has 0 aliphatic carbocycles. The molecule has 0 atom stereocenters. The molecule has 0 saturated heterocycles. The average molecular weight is 321 g/mol. The van der Waals surface area contributed by atoms with Gasteiger partial charge in [-0.1, -0.05) is 6.08 Å². The Hall–Kier alpha value is -1.04. The van der Waals surface area contributed by atoms with Crippen LogP contribution in [0.1, 0.15) is 12.1 Å². The molecule has 0 radical (unpaired) electrons. The van der Waals surface area contributed by atoms with Gasteiger partial charge in [0.15, 0.2) is 0 Å². The molecular weight excluding hydrogens is 309 g/mol. The molecule has 0 unspecified atom stereocenters. The van der Waals surface area contributed by atoms with Crippen LogP contribution in [0.2, 0.25) is 0 Å². The highest BCUT2D eigenvalue weighted by molar-refractivity contribution is 9.10. The van der Waals surface area contributed by atoms with Crippen molar-refractivity contribution in [3.63, 3.8) is 0 Å². The second-order valence-electron chi connectivity index (χ2n) is 4.16. The zero-order chi connectivity index (χ0) is 13.3. The molecule has 0 bridgehead atoms. The number of nitrogens with zero attached hydrogens (tertiary/aromatic N) is 2. The van der Waals surface area contributed by atoms with Crippen molar-refractivity contribution in [1.82, 2.24) is 4.98 Å². The first-order valence-electron chi connectivity index (χ1n) is 5.52. The maximum absolute atomic E-state index is 12.5. The van der Waals surface area contributed by atoms with Crippen molar-refractivity contribution >= 4 is 21.7 Å². The smallest absolute Gasteiger partial charge is 0.353 e. The molecule has 0 saturated carbocycles. The summed E-state index contributed by atoms with van der Waals surface area (Å²) in [6.45, 7) is 2.46. The molecule has 1 aliphatic rings. The van der Waals surface area contributed by atoms with E-state index in [9.17, 15) is 13.2 Å². The van der Waals surface area contributed by atoms with Crippen LogP contribution >= 0.6 is 15.9 Å². The topological polar surface area (TPSA) is 16.1 Å². The standard InChI is InChI=1S/C12H12BrF3N2/c1-8-10(13)2-3-11(17-8)18-6-4-9(5-7-18)12(14,15)16/h2-4H,5-7H2,1H3. The summed E-state index contributed by atoms with van der Waals surface area (Å²) in [5, 5.41) is 0. The Morgan fingerprint density at radius 2 is 2.06 bits per heavy atom. The first-order chi connectivity index (χ1) is 8.38. The number of aryl methyl sites for hydroxylation is 1. The third kappa shape index (κ3) is 2.85. The Morgan fingerprint density at radius 3 is 2.56 bits per heavy atom. The third-order valence-electron chi connectivity index (χ3n) is 2.90. The van der Waals surface area contributed by atoms with Crippen molar-refractivity contribution in [2.24, 2.45) is 0 Å². The molecule has 0 amide bonds. The fraction of sp³-hybridized carbons (Fsp3) is 0.417. The van der Waals surface area contributed by atoms with Gasteiger partial charge in [-0.25, -0.2) is 4.98 Å². The molecule has 1 aromatic heterocycles. The molecule has 0 spiro atoms. The lowest BCUT2D eigenvalue weighted by Crippen LogP contribution is -2.32. The van der Waals surface area contributed by atoms with Crippen LogP contribution in [0.15, 0.2) is 28.3 Å². The Balaban J connectivity index is 2.14. The van der Waals surface area contributed by atoms with E-state index in [0.717, 1.165) is 10.2 Å². The van der Waals surface area contributed by atoms with E-state index in [-0.39, 0.29) is 13.0 Å². The minimum atomic E-state index is -4.20. The SMILES string of the molecule is Cc1nc(N2CC=C(C(F)(F)F)CC2)ccc1Br. The Morgan fingerprint density at radius 1 is 1.33 bits per heavy atom. The van der Waals surface area contributed by atoms with Crippen molar-refractivity contribution in [2.45, 2.75) is 19.5 Å². The summed E-state index contributed by atoms with van der Waals surface area (Å²) in [7, 11) is 0. The number of aromatic nitrogens is 1. The van der Waals surface area contributed by atoms with Gasteiger partial charge in [-0.15, -0.1) is 0 Å². The lowest BCUT2D eigenvalue weighted by molar-refractivity contribution is -0.0944. The van der Waals surface area contributed by atoms with Crippen LogP contribution in [-0.4, -0.2) is 24.2 Å². The molecule has 0 fully saturated rings. The second-order valence-corrected chi connectivity index (χ2v) is 5.01. The largest absolute Gasteiger partial charge is 0.412 e. The summed E-state index contributed by atoms with van der Waals surface area (Å²) in [6.07, 6.45) is -2.95. The van der Waals surface area contributed by atoms with E-state index in [0.29, 0.717) is 12.4 Å². The van der Waals surface area contributed by atoms with Crippen LogP contribution in [0.3, 0.4) is 0 Å². The first-order valence-corrected chi connectivity index (χ1v) is 6.31. The maximum atomic E-state index is 12.5. The first kappa shape index (κ1) is 13.4. The van der Waals surface area contributed by atoms with Gasteiger partial charge in [0.2, 0.25) is 0 Å². The number of pyridine rings is 1. The fourth-order valence-electron chi connectivity index (χ4n) is 1.84. The molecule has 0 aromatic carbocycles. The van der Waals surface area contributed by atoms with Crippen molar-refractivity contribution in [1.29, 1.82) is 0 Å². The normalized spacial score (nSPS) is 16.7. The van der Waals surface area contributed by atoms with Gasteiger partial charge in [0.1, 0.15) is 5.82 Å². The van der Waals surface area contributed by atoms with Crippen molar-refractivity contribution < 1.29 is 13.2 Å². The monoisotopic (exact) mass is 320 g/mol. The highest BCUT2D eigenvalue weighted by Crippen LogP contribution is 2.31. The number of anilines is 1. The van der Waals surface area contributed by atoms with E-state index in [2.05, 4.69) is 20.9 Å². The molecule has 2 rings (SSSR count). The van der Waals surface area contributed by atoms with Crippen LogP contribution in [0.5, 0.6) is 0 Å². The second kappa shape index (κ2) is 4.91. The maximum Gasteiger partial charge on any atom is 0.412 e. The summed E-state index contributed by atoms with van der Waals surface area (Å²) in [5.74, 6) is 0.716.